The maximum Gasteiger partial charge on any atom is 0.308 e. The standard InChI is InChI=1S/C14H20N2O2/c1-2-18-14(17)11-8-6-10(7-9-11)12-4-3-5-13(15)16-12/h3-5,10-11H,2,6-9H2,1H3,(H2,15,16)/t10-,11-. The SMILES string of the molecule is CCOC(=O)[C@H]1CC[C@H](c2cccc(N)n2)CC1. The predicted molar refractivity (Wildman–Crippen MR) is 70.0 cm³/mol. The molecule has 0 aliphatic heterocycles. The zero-order valence-corrected chi connectivity index (χ0v) is 10.8. The van der Waals surface area contributed by atoms with Crippen LogP contribution in [0.2, 0.25) is 0 Å². The molecule has 1 aliphatic carbocycles. The van der Waals surface area contributed by atoms with Crippen molar-refractivity contribution in [2.75, 3.05) is 12.3 Å². The van der Waals surface area contributed by atoms with E-state index >= 15 is 0 Å². The molecule has 0 atom stereocenters. The molecule has 1 aromatic rings. The van der Waals surface area contributed by atoms with Gasteiger partial charge in [-0.15, -0.1) is 0 Å². The van der Waals surface area contributed by atoms with Gasteiger partial charge in [-0.25, -0.2) is 4.98 Å². The zero-order chi connectivity index (χ0) is 13.0. The number of esters is 1. The van der Waals surface area contributed by atoms with Crippen molar-refractivity contribution < 1.29 is 9.53 Å². The number of hydrogen-bond acceptors (Lipinski definition) is 4. The molecule has 1 aromatic heterocycles. The Balaban J connectivity index is 1.92. The van der Waals surface area contributed by atoms with Crippen LogP contribution in [0.5, 0.6) is 0 Å². The van der Waals surface area contributed by atoms with Crippen LogP contribution in [0.15, 0.2) is 18.2 Å². The highest BCUT2D eigenvalue weighted by atomic mass is 16.5. The van der Waals surface area contributed by atoms with Gasteiger partial charge >= 0.3 is 5.97 Å². The molecule has 0 saturated heterocycles. The third-order valence-electron chi connectivity index (χ3n) is 3.56. The molecule has 0 bridgehead atoms. The number of aromatic nitrogens is 1. The molecular formula is C14H20N2O2. The Morgan fingerprint density at radius 1 is 1.39 bits per heavy atom. The molecule has 0 radical (unpaired) electrons. The van der Waals surface area contributed by atoms with Crippen LogP contribution in [-0.2, 0) is 9.53 Å². The fourth-order valence-electron chi connectivity index (χ4n) is 2.58. The molecular weight excluding hydrogens is 228 g/mol. The third kappa shape index (κ3) is 3.00. The van der Waals surface area contributed by atoms with Crippen molar-refractivity contribution in [3.05, 3.63) is 23.9 Å². The number of carbonyl (C=O) groups excluding carboxylic acids is 1. The topological polar surface area (TPSA) is 65.2 Å². The number of anilines is 1. The summed E-state index contributed by atoms with van der Waals surface area (Å²) in [4.78, 5) is 16.0. The van der Waals surface area contributed by atoms with E-state index < -0.39 is 0 Å². The number of ether oxygens (including phenoxy) is 1. The van der Waals surface area contributed by atoms with Gasteiger partial charge < -0.3 is 10.5 Å². The summed E-state index contributed by atoms with van der Waals surface area (Å²) in [7, 11) is 0. The smallest absolute Gasteiger partial charge is 0.308 e. The first-order valence-electron chi connectivity index (χ1n) is 6.59. The molecule has 98 valence electrons. The Labute approximate surface area is 108 Å². The van der Waals surface area contributed by atoms with E-state index in [1.165, 1.54) is 0 Å². The normalized spacial score (nSPS) is 23.6. The van der Waals surface area contributed by atoms with E-state index in [1.807, 2.05) is 19.1 Å². The molecule has 2 N–H and O–H groups in total. The van der Waals surface area contributed by atoms with Gasteiger partial charge in [-0.05, 0) is 44.7 Å². The van der Waals surface area contributed by atoms with Crippen LogP contribution in [0, 0.1) is 5.92 Å². The molecule has 0 amide bonds. The summed E-state index contributed by atoms with van der Waals surface area (Å²) in [6.45, 7) is 2.32. The summed E-state index contributed by atoms with van der Waals surface area (Å²) in [6.07, 6.45) is 3.75. The minimum Gasteiger partial charge on any atom is -0.466 e. The number of hydrogen-bond donors (Lipinski definition) is 1. The van der Waals surface area contributed by atoms with E-state index in [-0.39, 0.29) is 11.9 Å². The van der Waals surface area contributed by atoms with Crippen molar-refractivity contribution in [1.29, 1.82) is 0 Å². The third-order valence-corrected chi connectivity index (χ3v) is 3.56. The first kappa shape index (κ1) is 12.9. The van der Waals surface area contributed by atoms with E-state index in [0.29, 0.717) is 18.3 Å². The van der Waals surface area contributed by atoms with Crippen LogP contribution >= 0.6 is 0 Å². The molecule has 0 aromatic carbocycles. The number of nitrogen functional groups attached to an aromatic ring is 1. The van der Waals surface area contributed by atoms with E-state index in [9.17, 15) is 4.79 Å². The summed E-state index contributed by atoms with van der Waals surface area (Å²) in [5.74, 6) is 1.03. The highest BCUT2D eigenvalue weighted by Gasteiger charge is 2.28. The van der Waals surface area contributed by atoms with Crippen molar-refractivity contribution in [3.8, 4) is 0 Å². The van der Waals surface area contributed by atoms with Gasteiger partial charge in [-0.1, -0.05) is 6.07 Å². The fourth-order valence-corrected chi connectivity index (χ4v) is 2.58. The van der Waals surface area contributed by atoms with E-state index in [2.05, 4.69) is 4.98 Å². The Hall–Kier alpha value is -1.58. The molecule has 0 spiro atoms. The fraction of sp³-hybridized carbons (Fsp3) is 0.571. The zero-order valence-electron chi connectivity index (χ0n) is 10.8. The minimum atomic E-state index is -0.0449. The molecule has 18 heavy (non-hydrogen) atoms. The Kier molecular flexibility index (Phi) is 4.18. The first-order valence-corrected chi connectivity index (χ1v) is 6.59. The monoisotopic (exact) mass is 248 g/mol. The summed E-state index contributed by atoms with van der Waals surface area (Å²) in [5.41, 5.74) is 6.75. The second-order valence-electron chi connectivity index (χ2n) is 4.79. The number of rotatable bonds is 3. The van der Waals surface area contributed by atoms with Gasteiger partial charge in [-0.3, -0.25) is 4.79 Å². The largest absolute Gasteiger partial charge is 0.466 e. The molecule has 1 heterocycles. The molecule has 1 saturated carbocycles. The summed E-state index contributed by atoms with van der Waals surface area (Å²) < 4.78 is 5.07. The van der Waals surface area contributed by atoms with Crippen molar-refractivity contribution in [1.82, 2.24) is 4.98 Å². The average Bonchev–Trinajstić information content (AvgIpc) is 2.39. The second kappa shape index (κ2) is 5.85. The van der Waals surface area contributed by atoms with Crippen LogP contribution in [-0.4, -0.2) is 17.6 Å². The van der Waals surface area contributed by atoms with E-state index in [1.54, 1.807) is 6.07 Å². The van der Waals surface area contributed by atoms with Gasteiger partial charge in [0.1, 0.15) is 5.82 Å². The van der Waals surface area contributed by atoms with E-state index in [0.717, 1.165) is 31.4 Å². The van der Waals surface area contributed by atoms with Crippen molar-refractivity contribution >= 4 is 11.8 Å². The quantitative estimate of drug-likeness (QED) is 0.835. The number of pyridine rings is 1. The summed E-state index contributed by atoms with van der Waals surface area (Å²) in [5, 5.41) is 0. The van der Waals surface area contributed by atoms with Gasteiger partial charge in [0.05, 0.1) is 12.5 Å². The van der Waals surface area contributed by atoms with Crippen molar-refractivity contribution in [3.63, 3.8) is 0 Å². The van der Waals surface area contributed by atoms with Gasteiger partial charge in [-0.2, -0.15) is 0 Å². The minimum absolute atomic E-state index is 0.0449. The highest BCUT2D eigenvalue weighted by Crippen LogP contribution is 2.35. The highest BCUT2D eigenvalue weighted by molar-refractivity contribution is 5.72. The average molecular weight is 248 g/mol. The lowest BCUT2D eigenvalue weighted by Crippen LogP contribution is -2.23. The Morgan fingerprint density at radius 2 is 2.11 bits per heavy atom. The number of nitrogens with zero attached hydrogens (tertiary/aromatic N) is 1. The maximum absolute atomic E-state index is 11.6. The van der Waals surface area contributed by atoms with Crippen molar-refractivity contribution in [2.45, 2.75) is 38.5 Å². The van der Waals surface area contributed by atoms with E-state index in [4.69, 9.17) is 10.5 Å². The van der Waals surface area contributed by atoms with Crippen molar-refractivity contribution in [2.24, 2.45) is 5.92 Å². The van der Waals surface area contributed by atoms with Crippen LogP contribution in [0.25, 0.3) is 0 Å². The number of carbonyl (C=O) groups is 1. The lowest BCUT2D eigenvalue weighted by molar-refractivity contribution is -0.149. The molecule has 4 nitrogen and oxygen atoms in total. The predicted octanol–water partition coefficient (Wildman–Crippen LogP) is 2.50. The van der Waals surface area contributed by atoms with Crippen LogP contribution in [0.4, 0.5) is 5.82 Å². The summed E-state index contributed by atoms with van der Waals surface area (Å²) in [6, 6.07) is 5.76. The molecule has 0 unspecified atom stereocenters. The van der Waals surface area contributed by atoms with Gasteiger partial charge in [0.2, 0.25) is 0 Å². The maximum atomic E-state index is 11.6. The van der Waals surface area contributed by atoms with Crippen LogP contribution < -0.4 is 5.73 Å². The van der Waals surface area contributed by atoms with Gasteiger partial charge in [0, 0.05) is 11.6 Å². The first-order chi connectivity index (χ1) is 8.70. The van der Waals surface area contributed by atoms with Crippen LogP contribution in [0.3, 0.4) is 0 Å². The Bertz CT molecular complexity index is 412. The Morgan fingerprint density at radius 3 is 2.72 bits per heavy atom. The molecule has 2 rings (SSSR count). The molecule has 4 heteroatoms. The lowest BCUT2D eigenvalue weighted by Gasteiger charge is -2.26. The second-order valence-corrected chi connectivity index (χ2v) is 4.79. The number of nitrogens with two attached hydrogens (primary N) is 1. The molecule has 1 aliphatic rings. The summed E-state index contributed by atoms with van der Waals surface area (Å²) >= 11 is 0. The van der Waals surface area contributed by atoms with Gasteiger partial charge in [0.15, 0.2) is 0 Å². The molecule has 1 fully saturated rings. The lowest BCUT2D eigenvalue weighted by atomic mass is 9.80. The van der Waals surface area contributed by atoms with Gasteiger partial charge in [0.25, 0.3) is 0 Å². The van der Waals surface area contributed by atoms with Crippen LogP contribution in [0.1, 0.15) is 44.2 Å².